The molecule has 42 heavy (non-hydrogen) atoms. The summed E-state index contributed by atoms with van der Waals surface area (Å²) in [4.78, 5) is 22.5. The van der Waals surface area contributed by atoms with E-state index in [0.29, 0.717) is 55.6 Å². The summed E-state index contributed by atoms with van der Waals surface area (Å²) in [5.41, 5.74) is 10.8. The first-order valence-electron chi connectivity index (χ1n) is 13.0. The number of nitrogens with zero attached hydrogens (tertiary/aromatic N) is 3. The summed E-state index contributed by atoms with van der Waals surface area (Å²) in [6, 6.07) is 16.6. The fraction of sp³-hybridized carbons (Fsp3) is 0.200. The number of nitrogens with one attached hydrogen (secondary N) is 2. The number of amides is 1. The highest BCUT2D eigenvalue weighted by Crippen LogP contribution is 2.42. The zero-order chi connectivity index (χ0) is 29.8. The third kappa shape index (κ3) is 5.70. The van der Waals surface area contributed by atoms with Crippen LogP contribution >= 0.6 is 11.3 Å². The molecule has 11 nitrogen and oxygen atoms in total. The molecule has 0 unspecified atom stereocenters. The maximum Gasteiger partial charge on any atom is 0.272 e. The Morgan fingerprint density at radius 1 is 0.976 bits per heavy atom. The fourth-order valence-electron chi connectivity index (χ4n) is 4.43. The van der Waals surface area contributed by atoms with E-state index >= 15 is 0 Å². The molecule has 3 aromatic carbocycles. The van der Waals surface area contributed by atoms with Gasteiger partial charge in [0.15, 0.2) is 16.6 Å². The molecule has 0 saturated heterocycles. The lowest BCUT2D eigenvalue weighted by atomic mass is 10.0. The van der Waals surface area contributed by atoms with E-state index in [-0.39, 0.29) is 17.6 Å². The quantitative estimate of drug-likeness (QED) is 0.169. The lowest BCUT2D eigenvalue weighted by Gasteiger charge is -2.14. The molecule has 216 valence electrons. The summed E-state index contributed by atoms with van der Waals surface area (Å²) < 4.78 is 21.8. The molecular weight excluding hydrogens is 556 g/mol. The summed E-state index contributed by atoms with van der Waals surface area (Å²) in [6.07, 6.45) is 0.759. The van der Waals surface area contributed by atoms with E-state index < -0.39 is 0 Å². The van der Waals surface area contributed by atoms with E-state index in [1.165, 1.54) is 11.3 Å². The maximum absolute atomic E-state index is 13.0. The van der Waals surface area contributed by atoms with Crippen LogP contribution in [-0.4, -0.2) is 42.4 Å². The van der Waals surface area contributed by atoms with Crippen LogP contribution in [0.5, 0.6) is 17.2 Å². The van der Waals surface area contributed by atoms with Crippen LogP contribution in [0.3, 0.4) is 0 Å². The Kier molecular flexibility index (Phi) is 8.25. The van der Waals surface area contributed by atoms with E-state index in [2.05, 4.69) is 25.8 Å². The van der Waals surface area contributed by atoms with Gasteiger partial charge < -0.3 is 35.1 Å². The minimum atomic E-state index is -0.180. The molecule has 0 aliphatic carbocycles. The maximum atomic E-state index is 13.0. The van der Waals surface area contributed by atoms with Gasteiger partial charge in [-0.3, -0.25) is 4.79 Å². The Hall–Kier alpha value is -5.10. The normalized spacial score (nSPS) is 10.8. The average Bonchev–Trinajstić information content (AvgIpc) is 3.63. The monoisotopic (exact) mass is 586 g/mol. The van der Waals surface area contributed by atoms with Gasteiger partial charge in [0.2, 0.25) is 11.6 Å². The SMILES string of the molecule is CCc1ccccc1C(=O)Nc1ccc(C)c(-c2noc(-c3sc(Nc4cc(OC)c(OC)c(OC)c4)nc3N)n2)c1. The molecule has 0 aliphatic rings. The number of carbonyl (C=O) groups is 1. The molecular formula is C30H30N6O5S. The molecule has 0 spiro atoms. The molecule has 12 heteroatoms. The first-order valence-corrected chi connectivity index (χ1v) is 13.8. The second kappa shape index (κ2) is 12.2. The molecule has 5 aromatic rings. The highest BCUT2D eigenvalue weighted by atomic mass is 32.1. The average molecular weight is 587 g/mol. The first kappa shape index (κ1) is 28.4. The van der Waals surface area contributed by atoms with Gasteiger partial charge in [0.05, 0.1) is 21.3 Å². The third-order valence-electron chi connectivity index (χ3n) is 6.57. The lowest BCUT2D eigenvalue weighted by molar-refractivity contribution is 0.102. The van der Waals surface area contributed by atoms with E-state index in [1.54, 1.807) is 33.5 Å². The molecule has 0 aliphatic heterocycles. The van der Waals surface area contributed by atoms with E-state index in [9.17, 15) is 4.79 Å². The van der Waals surface area contributed by atoms with Gasteiger partial charge in [0.1, 0.15) is 10.7 Å². The van der Waals surface area contributed by atoms with Crippen LogP contribution in [0, 0.1) is 6.92 Å². The van der Waals surface area contributed by atoms with Crippen molar-refractivity contribution in [2.24, 2.45) is 0 Å². The second-order valence-corrected chi connectivity index (χ2v) is 10.2. The number of nitrogen functional groups attached to an aromatic ring is 1. The summed E-state index contributed by atoms with van der Waals surface area (Å²) in [6.45, 7) is 3.95. The van der Waals surface area contributed by atoms with Crippen molar-refractivity contribution in [1.29, 1.82) is 0 Å². The van der Waals surface area contributed by atoms with Crippen LogP contribution in [0.1, 0.15) is 28.4 Å². The van der Waals surface area contributed by atoms with E-state index in [0.717, 1.165) is 17.5 Å². The Morgan fingerprint density at radius 3 is 2.40 bits per heavy atom. The fourth-order valence-corrected chi connectivity index (χ4v) is 5.26. The number of ether oxygens (including phenoxy) is 3. The third-order valence-corrected chi connectivity index (χ3v) is 7.54. The zero-order valence-electron chi connectivity index (χ0n) is 23.8. The van der Waals surface area contributed by atoms with Crippen molar-refractivity contribution in [2.45, 2.75) is 20.3 Å². The highest BCUT2D eigenvalue weighted by molar-refractivity contribution is 7.19. The van der Waals surface area contributed by atoms with Gasteiger partial charge in [-0.05, 0) is 42.7 Å². The summed E-state index contributed by atoms with van der Waals surface area (Å²) in [5, 5.41) is 10.9. The number of thiazole rings is 1. The Morgan fingerprint density at radius 2 is 1.71 bits per heavy atom. The number of aryl methyl sites for hydroxylation is 2. The van der Waals surface area contributed by atoms with Gasteiger partial charge in [0, 0.05) is 34.6 Å². The predicted octanol–water partition coefficient (Wildman–Crippen LogP) is 6.33. The van der Waals surface area contributed by atoms with Crippen molar-refractivity contribution in [3.8, 4) is 39.4 Å². The van der Waals surface area contributed by atoms with Crippen LogP contribution in [0.2, 0.25) is 0 Å². The molecule has 5 rings (SSSR count). The molecule has 0 radical (unpaired) electrons. The number of anilines is 4. The molecule has 0 saturated carbocycles. The minimum absolute atomic E-state index is 0.180. The van der Waals surface area contributed by atoms with Gasteiger partial charge >= 0.3 is 0 Å². The van der Waals surface area contributed by atoms with Gasteiger partial charge in [-0.2, -0.15) is 4.98 Å². The van der Waals surface area contributed by atoms with Crippen molar-refractivity contribution in [1.82, 2.24) is 15.1 Å². The lowest BCUT2D eigenvalue weighted by Crippen LogP contribution is -2.14. The molecule has 4 N–H and O–H groups in total. The summed E-state index contributed by atoms with van der Waals surface area (Å²) in [5.74, 6) is 2.11. The second-order valence-electron chi connectivity index (χ2n) is 9.19. The predicted molar refractivity (Wildman–Crippen MR) is 163 cm³/mol. The number of aromatic nitrogens is 3. The smallest absolute Gasteiger partial charge is 0.272 e. The molecule has 0 atom stereocenters. The van der Waals surface area contributed by atoms with Gasteiger partial charge in [-0.1, -0.05) is 47.7 Å². The molecule has 2 heterocycles. The van der Waals surface area contributed by atoms with Gasteiger partial charge in [0.25, 0.3) is 11.8 Å². The summed E-state index contributed by atoms with van der Waals surface area (Å²) in [7, 11) is 4.63. The number of nitrogens with two attached hydrogens (primary N) is 1. The Bertz CT molecular complexity index is 1720. The van der Waals surface area contributed by atoms with E-state index in [1.807, 2.05) is 56.3 Å². The summed E-state index contributed by atoms with van der Waals surface area (Å²) >= 11 is 1.26. The van der Waals surface area contributed by atoms with Crippen molar-refractivity contribution in [3.63, 3.8) is 0 Å². The molecule has 0 fully saturated rings. The van der Waals surface area contributed by atoms with Crippen LogP contribution in [0.4, 0.5) is 22.3 Å². The number of benzene rings is 3. The molecule has 2 aromatic heterocycles. The molecule has 1 amide bonds. The number of hydrogen-bond donors (Lipinski definition) is 3. The van der Waals surface area contributed by atoms with E-state index in [4.69, 9.17) is 24.5 Å². The Labute approximate surface area is 246 Å². The number of carbonyl (C=O) groups excluding carboxylic acids is 1. The van der Waals surface area contributed by atoms with Crippen molar-refractivity contribution in [2.75, 3.05) is 37.7 Å². The minimum Gasteiger partial charge on any atom is -0.493 e. The first-order chi connectivity index (χ1) is 20.3. The zero-order valence-corrected chi connectivity index (χ0v) is 24.6. The topological polar surface area (TPSA) is 147 Å². The van der Waals surface area contributed by atoms with Crippen molar-refractivity contribution in [3.05, 3.63) is 71.3 Å². The standard InChI is InChI=1S/C30H30N6O5S/c1-6-17-9-7-8-10-20(17)28(37)32-18-12-11-16(2)21(13-18)27-35-29(41-36-27)25-26(31)34-30(42-25)33-19-14-22(38-3)24(40-5)23(15-19)39-4/h7-15H,6,31H2,1-5H3,(H,32,37)(H,33,34). The van der Waals surface area contributed by atoms with Crippen LogP contribution < -0.4 is 30.6 Å². The number of methoxy groups -OCH3 is 3. The number of rotatable bonds is 10. The number of hydrogen-bond acceptors (Lipinski definition) is 11. The Balaban J connectivity index is 1.38. The van der Waals surface area contributed by atoms with Gasteiger partial charge in [-0.15, -0.1) is 0 Å². The van der Waals surface area contributed by atoms with Crippen molar-refractivity contribution >= 4 is 39.6 Å². The van der Waals surface area contributed by atoms with Crippen LogP contribution in [-0.2, 0) is 6.42 Å². The highest BCUT2D eigenvalue weighted by Gasteiger charge is 2.21. The van der Waals surface area contributed by atoms with Crippen molar-refractivity contribution < 1.29 is 23.5 Å². The van der Waals surface area contributed by atoms with Gasteiger partial charge in [-0.25, -0.2) is 4.98 Å². The van der Waals surface area contributed by atoms with Crippen LogP contribution in [0.25, 0.3) is 22.2 Å². The largest absolute Gasteiger partial charge is 0.493 e. The molecule has 0 bridgehead atoms. The van der Waals surface area contributed by atoms with Crippen LogP contribution in [0.15, 0.2) is 59.1 Å².